The van der Waals surface area contributed by atoms with E-state index in [9.17, 15) is 19.2 Å². The Balaban J connectivity index is 1.80. The molecule has 140 valence electrons. The summed E-state index contributed by atoms with van der Waals surface area (Å²) in [5.41, 5.74) is 0.627. The Labute approximate surface area is 151 Å². The minimum Gasteiger partial charge on any atom is -0.428 e. The van der Waals surface area contributed by atoms with Gasteiger partial charge in [0.2, 0.25) is 0 Å². The van der Waals surface area contributed by atoms with Gasteiger partial charge in [-0.25, -0.2) is 4.79 Å². The molecule has 8 heteroatoms. The first-order valence-corrected chi connectivity index (χ1v) is 8.41. The van der Waals surface area contributed by atoms with Gasteiger partial charge < -0.3 is 9.47 Å². The number of ether oxygens (including phenoxy) is 2. The molecule has 0 saturated carbocycles. The van der Waals surface area contributed by atoms with Crippen molar-refractivity contribution in [3.05, 3.63) is 29.8 Å². The van der Waals surface area contributed by atoms with Crippen molar-refractivity contribution in [2.24, 2.45) is 5.92 Å². The lowest BCUT2D eigenvalue weighted by Crippen LogP contribution is -2.32. The number of hydroxylamine groups is 2. The van der Waals surface area contributed by atoms with Crippen molar-refractivity contribution in [2.45, 2.75) is 46.1 Å². The molecular weight excluding hydrogens is 342 g/mol. The molecule has 1 saturated heterocycles. The smallest absolute Gasteiger partial charge is 0.428 e. The molecule has 1 fully saturated rings. The summed E-state index contributed by atoms with van der Waals surface area (Å²) >= 11 is 0. The number of benzene rings is 1. The molecule has 1 aromatic carbocycles. The van der Waals surface area contributed by atoms with Crippen LogP contribution in [0.4, 0.5) is 4.79 Å². The van der Waals surface area contributed by atoms with Gasteiger partial charge in [0, 0.05) is 12.8 Å². The van der Waals surface area contributed by atoms with E-state index >= 15 is 0 Å². The van der Waals surface area contributed by atoms with Crippen LogP contribution in [0.15, 0.2) is 24.3 Å². The molecule has 1 atom stereocenters. The highest BCUT2D eigenvalue weighted by molar-refractivity contribution is 6.01. The number of imide groups is 1. The predicted octanol–water partition coefficient (Wildman–Crippen LogP) is 2.75. The zero-order valence-electron chi connectivity index (χ0n) is 14.7. The number of rotatable bonds is 7. The summed E-state index contributed by atoms with van der Waals surface area (Å²) in [5.74, 6) is -1.21. The van der Waals surface area contributed by atoms with E-state index in [4.69, 9.17) is 9.47 Å². The molecule has 1 heterocycles. The largest absolute Gasteiger partial charge is 0.534 e. The molecule has 0 aromatic heterocycles. The third kappa shape index (κ3) is 5.30. The molecule has 0 aliphatic carbocycles. The zero-order chi connectivity index (χ0) is 19.1. The fraction of sp³-hybridized carbons (Fsp3) is 0.444. The van der Waals surface area contributed by atoms with Crippen LogP contribution in [0.1, 0.15) is 45.1 Å². The first kappa shape index (κ1) is 19.4. The van der Waals surface area contributed by atoms with Gasteiger partial charge >= 0.3 is 12.1 Å². The zero-order valence-corrected chi connectivity index (χ0v) is 14.7. The topological polar surface area (TPSA) is 99.2 Å². The molecule has 1 unspecified atom stereocenters. The summed E-state index contributed by atoms with van der Waals surface area (Å²) in [4.78, 5) is 50.7. The van der Waals surface area contributed by atoms with Crippen LogP contribution in [0, 0.1) is 5.92 Å². The molecule has 1 aliphatic rings. The second-order valence-corrected chi connectivity index (χ2v) is 5.97. The van der Waals surface area contributed by atoms with Gasteiger partial charge in [0.15, 0.2) is 0 Å². The minimum absolute atomic E-state index is 0.0170. The highest BCUT2D eigenvalue weighted by Crippen LogP contribution is 2.17. The lowest BCUT2D eigenvalue weighted by atomic mass is 10.1. The molecule has 26 heavy (non-hydrogen) atoms. The van der Waals surface area contributed by atoms with E-state index in [-0.39, 0.29) is 31.3 Å². The maximum absolute atomic E-state index is 11.9. The van der Waals surface area contributed by atoms with E-state index in [0.29, 0.717) is 16.4 Å². The predicted molar refractivity (Wildman–Crippen MR) is 88.5 cm³/mol. The average Bonchev–Trinajstić information content (AvgIpc) is 2.93. The van der Waals surface area contributed by atoms with Gasteiger partial charge in [0.25, 0.3) is 11.8 Å². The summed E-state index contributed by atoms with van der Waals surface area (Å²) in [6.45, 7) is 3.70. The maximum atomic E-state index is 11.9. The Hall–Kier alpha value is -2.90. The fourth-order valence-corrected chi connectivity index (χ4v) is 2.32. The number of nitrogens with zero attached hydrogens (tertiary/aromatic N) is 1. The number of hydrogen-bond donors (Lipinski definition) is 0. The number of carbonyl (C=O) groups is 4. The summed E-state index contributed by atoms with van der Waals surface area (Å²) in [6.07, 6.45) is 0.552. The van der Waals surface area contributed by atoms with Crippen LogP contribution in [-0.2, 0) is 30.6 Å². The van der Waals surface area contributed by atoms with Crippen molar-refractivity contribution < 1.29 is 33.5 Å². The first-order chi connectivity index (χ1) is 12.4. The van der Waals surface area contributed by atoms with Crippen molar-refractivity contribution in [1.82, 2.24) is 5.06 Å². The molecule has 0 N–H and O–H groups in total. The van der Waals surface area contributed by atoms with E-state index in [0.717, 1.165) is 12.8 Å². The Morgan fingerprint density at radius 3 is 2.31 bits per heavy atom. The van der Waals surface area contributed by atoms with Crippen LogP contribution in [0.5, 0.6) is 5.75 Å². The highest BCUT2D eigenvalue weighted by Gasteiger charge is 2.33. The molecule has 0 radical (unpaired) electrons. The molecule has 2 amide bonds. The van der Waals surface area contributed by atoms with Crippen LogP contribution in [-0.4, -0.2) is 29.0 Å². The number of amides is 2. The highest BCUT2D eigenvalue weighted by atomic mass is 16.8. The van der Waals surface area contributed by atoms with Gasteiger partial charge in [-0.3, -0.25) is 19.2 Å². The summed E-state index contributed by atoms with van der Waals surface area (Å²) < 4.78 is 10.1. The molecular formula is C18H21NO7. The molecule has 0 spiro atoms. The van der Waals surface area contributed by atoms with Gasteiger partial charge in [0.05, 0.1) is 5.92 Å². The van der Waals surface area contributed by atoms with Crippen LogP contribution < -0.4 is 4.74 Å². The second kappa shape index (κ2) is 8.98. The third-order valence-corrected chi connectivity index (χ3v) is 3.79. The van der Waals surface area contributed by atoms with Gasteiger partial charge in [0.1, 0.15) is 12.4 Å². The standard InChI is InChI=1S/C18H21NO7/c1-3-4-12(2)17(22)25-14-7-5-13(6-8-14)11-24-18(23)26-19-15(20)9-10-16(19)21/h5-8,12H,3-4,9-11H2,1-2H3. The summed E-state index contributed by atoms with van der Waals surface area (Å²) in [7, 11) is 0. The van der Waals surface area contributed by atoms with Gasteiger partial charge in [-0.05, 0) is 24.1 Å². The van der Waals surface area contributed by atoms with E-state index in [2.05, 4.69) is 4.84 Å². The van der Waals surface area contributed by atoms with E-state index < -0.39 is 18.0 Å². The van der Waals surface area contributed by atoms with Gasteiger partial charge in [-0.2, -0.15) is 0 Å². The Morgan fingerprint density at radius 1 is 1.12 bits per heavy atom. The van der Waals surface area contributed by atoms with Crippen molar-refractivity contribution in [2.75, 3.05) is 0 Å². The molecule has 1 aromatic rings. The summed E-state index contributed by atoms with van der Waals surface area (Å²) in [5, 5.41) is 0.419. The second-order valence-electron chi connectivity index (χ2n) is 5.97. The number of esters is 1. The van der Waals surface area contributed by atoms with Crippen molar-refractivity contribution in [3.63, 3.8) is 0 Å². The van der Waals surface area contributed by atoms with Gasteiger partial charge in [-0.1, -0.05) is 37.5 Å². The SMILES string of the molecule is CCCC(C)C(=O)Oc1ccc(COC(=O)ON2C(=O)CCC2=O)cc1. The maximum Gasteiger partial charge on any atom is 0.534 e. The normalized spacial score (nSPS) is 14.9. The van der Waals surface area contributed by atoms with Gasteiger partial charge in [-0.15, -0.1) is 0 Å². The van der Waals surface area contributed by atoms with E-state index in [1.54, 1.807) is 24.3 Å². The van der Waals surface area contributed by atoms with Crippen molar-refractivity contribution in [1.29, 1.82) is 0 Å². The fourth-order valence-electron chi connectivity index (χ4n) is 2.32. The molecule has 1 aliphatic heterocycles. The quantitative estimate of drug-likeness (QED) is 0.417. The Bertz CT molecular complexity index is 667. The number of carbonyl (C=O) groups excluding carboxylic acids is 4. The Morgan fingerprint density at radius 2 is 1.73 bits per heavy atom. The lowest BCUT2D eigenvalue weighted by Gasteiger charge is -2.12. The van der Waals surface area contributed by atoms with Crippen LogP contribution in [0.3, 0.4) is 0 Å². The van der Waals surface area contributed by atoms with Crippen LogP contribution in [0.25, 0.3) is 0 Å². The van der Waals surface area contributed by atoms with E-state index in [1.807, 2.05) is 13.8 Å². The van der Waals surface area contributed by atoms with Crippen molar-refractivity contribution in [3.8, 4) is 5.75 Å². The Kier molecular flexibility index (Phi) is 6.71. The van der Waals surface area contributed by atoms with E-state index in [1.165, 1.54) is 0 Å². The molecule has 0 bridgehead atoms. The molecule has 8 nitrogen and oxygen atoms in total. The first-order valence-electron chi connectivity index (χ1n) is 8.41. The third-order valence-electron chi connectivity index (χ3n) is 3.79. The average molecular weight is 363 g/mol. The van der Waals surface area contributed by atoms with Crippen LogP contribution >= 0.6 is 0 Å². The number of hydrogen-bond acceptors (Lipinski definition) is 7. The monoisotopic (exact) mass is 363 g/mol. The van der Waals surface area contributed by atoms with Crippen molar-refractivity contribution >= 4 is 23.9 Å². The molecule has 2 rings (SSSR count). The minimum atomic E-state index is -1.14. The lowest BCUT2D eigenvalue weighted by molar-refractivity contribution is -0.177. The summed E-state index contributed by atoms with van der Waals surface area (Å²) in [6, 6.07) is 6.45. The van der Waals surface area contributed by atoms with Crippen LogP contribution in [0.2, 0.25) is 0 Å².